The maximum absolute atomic E-state index is 11.7. The summed E-state index contributed by atoms with van der Waals surface area (Å²) < 4.78 is 7.84. The first-order valence-electron chi connectivity index (χ1n) is 12.0. The molecule has 2 N–H and O–H groups in total. The number of aromatic nitrogens is 4. The lowest BCUT2D eigenvalue weighted by atomic mass is 10.1. The molecule has 11 heteroatoms. The summed E-state index contributed by atoms with van der Waals surface area (Å²) >= 11 is 6.55. The molecule has 3 heterocycles. The van der Waals surface area contributed by atoms with Crippen LogP contribution in [0.25, 0.3) is 22.5 Å². The number of ether oxygens (including phenoxy) is 1. The Morgan fingerprint density at radius 1 is 0.949 bits per heavy atom. The molecule has 2 aromatic carbocycles. The molecule has 0 saturated carbocycles. The zero-order chi connectivity index (χ0) is 27.2. The van der Waals surface area contributed by atoms with Gasteiger partial charge in [-0.15, -0.1) is 0 Å². The molecule has 0 bridgehead atoms. The summed E-state index contributed by atoms with van der Waals surface area (Å²) in [5.74, 6) is 0.848. The topological polar surface area (TPSA) is 128 Å². The van der Waals surface area contributed by atoms with Gasteiger partial charge >= 0.3 is 5.82 Å². The molecule has 0 radical (unpaired) electrons. The number of pyridine rings is 1. The van der Waals surface area contributed by atoms with E-state index in [1.807, 2.05) is 65.2 Å². The van der Waals surface area contributed by atoms with Crippen molar-refractivity contribution >= 4 is 23.1 Å². The van der Waals surface area contributed by atoms with E-state index in [1.165, 1.54) is 6.33 Å². The van der Waals surface area contributed by atoms with Gasteiger partial charge in [0.25, 0.3) is 0 Å². The lowest BCUT2D eigenvalue weighted by Gasteiger charge is -2.14. The molecule has 0 fully saturated rings. The molecule has 3 aromatic heterocycles. The highest BCUT2D eigenvalue weighted by atomic mass is 35.5. The number of nitro groups is 1. The van der Waals surface area contributed by atoms with Crippen molar-refractivity contribution in [1.29, 1.82) is 0 Å². The largest absolute Gasteiger partial charge is 0.454 e. The third-order valence-electron chi connectivity index (χ3n) is 5.91. The van der Waals surface area contributed by atoms with E-state index < -0.39 is 4.92 Å². The molecular weight excluding hydrogens is 520 g/mol. The average molecular weight is 543 g/mol. The Morgan fingerprint density at radius 2 is 1.69 bits per heavy atom. The molecular formula is C28H23ClN6O4. The number of nitrogens with zero attached hydrogens (tertiary/aromatic N) is 5. The molecule has 0 atom stereocenters. The predicted molar refractivity (Wildman–Crippen MR) is 148 cm³/mol. The van der Waals surface area contributed by atoms with Gasteiger partial charge in [0.2, 0.25) is 0 Å². The number of halogens is 1. The monoisotopic (exact) mass is 542 g/mol. The number of aliphatic hydroxyl groups is 1. The molecule has 0 amide bonds. The molecule has 0 saturated heterocycles. The van der Waals surface area contributed by atoms with Crippen LogP contribution in [-0.4, -0.2) is 42.7 Å². The van der Waals surface area contributed by atoms with Crippen molar-refractivity contribution in [1.82, 2.24) is 19.5 Å². The summed E-state index contributed by atoms with van der Waals surface area (Å²) in [4.78, 5) is 23.4. The molecule has 10 nitrogen and oxygen atoms in total. The van der Waals surface area contributed by atoms with Gasteiger partial charge in [0, 0.05) is 22.8 Å². The van der Waals surface area contributed by atoms with Crippen molar-refractivity contribution in [3.05, 3.63) is 112 Å². The van der Waals surface area contributed by atoms with Gasteiger partial charge in [-0.3, -0.25) is 0 Å². The molecule has 0 spiro atoms. The van der Waals surface area contributed by atoms with Gasteiger partial charge in [-0.05, 0) is 70.1 Å². The maximum Gasteiger partial charge on any atom is 0.387 e. The Labute approximate surface area is 228 Å². The number of hydrogen-bond donors (Lipinski definition) is 2. The van der Waals surface area contributed by atoms with Crippen LogP contribution in [0.4, 0.5) is 11.5 Å². The van der Waals surface area contributed by atoms with E-state index in [2.05, 4.69) is 20.3 Å². The van der Waals surface area contributed by atoms with Crippen molar-refractivity contribution in [2.75, 3.05) is 18.5 Å². The van der Waals surface area contributed by atoms with Crippen LogP contribution >= 0.6 is 11.6 Å². The minimum atomic E-state index is -0.536. The highest BCUT2D eigenvalue weighted by molar-refractivity contribution is 6.33. The minimum Gasteiger partial charge on any atom is -0.454 e. The molecule has 0 aliphatic carbocycles. The zero-order valence-electron chi connectivity index (χ0n) is 20.6. The molecule has 0 aliphatic heterocycles. The lowest BCUT2D eigenvalue weighted by molar-refractivity contribution is -0.388. The molecule has 0 unspecified atom stereocenters. The van der Waals surface area contributed by atoms with Gasteiger partial charge < -0.3 is 29.8 Å². The fourth-order valence-corrected chi connectivity index (χ4v) is 4.40. The van der Waals surface area contributed by atoms with Crippen LogP contribution in [0.1, 0.15) is 5.69 Å². The first-order chi connectivity index (χ1) is 19.0. The second-order valence-corrected chi connectivity index (χ2v) is 8.86. The summed E-state index contributed by atoms with van der Waals surface area (Å²) in [6.45, 7) is 0.274. The maximum atomic E-state index is 11.7. The van der Waals surface area contributed by atoms with Crippen molar-refractivity contribution in [3.63, 3.8) is 0 Å². The van der Waals surface area contributed by atoms with Crippen molar-refractivity contribution in [2.45, 2.75) is 6.54 Å². The number of anilines is 1. The van der Waals surface area contributed by atoms with Crippen molar-refractivity contribution < 1.29 is 14.8 Å². The number of hydrogen-bond acceptors (Lipinski definition) is 8. The van der Waals surface area contributed by atoms with Gasteiger partial charge in [-0.1, -0.05) is 29.8 Å². The second kappa shape index (κ2) is 11.7. The van der Waals surface area contributed by atoms with Crippen LogP contribution in [0.3, 0.4) is 0 Å². The molecule has 5 aromatic rings. The number of aliphatic hydroxyl groups excluding tert-OH is 1. The fraction of sp³-hybridized carbons (Fsp3) is 0.107. The Balaban J connectivity index is 1.53. The third-order valence-corrected chi connectivity index (χ3v) is 6.24. The number of benzene rings is 2. The predicted octanol–water partition coefficient (Wildman–Crippen LogP) is 5.81. The van der Waals surface area contributed by atoms with E-state index in [1.54, 1.807) is 24.5 Å². The van der Waals surface area contributed by atoms with Crippen molar-refractivity contribution in [3.8, 4) is 34.0 Å². The lowest BCUT2D eigenvalue weighted by Crippen LogP contribution is -2.11. The van der Waals surface area contributed by atoms with E-state index in [-0.39, 0.29) is 31.2 Å². The fourth-order valence-electron chi connectivity index (χ4n) is 4.17. The summed E-state index contributed by atoms with van der Waals surface area (Å²) in [7, 11) is 0. The van der Waals surface area contributed by atoms with Crippen LogP contribution in [0, 0.1) is 10.1 Å². The molecule has 196 valence electrons. The minimum absolute atomic E-state index is 0.157. The van der Waals surface area contributed by atoms with E-state index in [4.69, 9.17) is 21.4 Å². The molecule has 39 heavy (non-hydrogen) atoms. The van der Waals surface area contributed by atoms with E-state index in [9.17, 15) is 10.1 Å². The van der Waals surface area contributed by atoms with E-state index >= 15 is 0 Å². The first-order valence-corrected chi connectivity index (χ1v) is 12.4. The highest BCUT2D eigenvalue weighted by Gasteiger charge is 2.21. The van der Waals surface area contributed by atoms with Gasteiger partial charge in [0.15, 0.2) is 11.4 Å². The second-order valence-electron chi connectivity index (χ2n) is 8.45. The van der Waals surface area contributed by atoms with Crippen LogP contribution in [0.2, 0.25) is 5.02 Å². The van der Waals surface area contributed by atoms with Gasteiger partial charge in [-0.2, -0.15) is 0 Å². The molecule has 0 aliphatic rings. The van der Waals surface area contributed by atoms with Gasteiger partial charge in [-0.25, -0.2) is 9.97 Å². The summed E-state index contributed by atoms with van der Waals surface area (Å²) in [5, 5.41) is 24.2. The Morgan fingerprint density at radius 3 is 2.41 bits per heavy atom. The standard InChI is InChI=1S/C28H23ClN6O4/c29-24-4-2-1-3-23(24)27-12-11-26(19-5-8-21(9-6-19)39-22-15-30-18-31-16-22)34(27)17-20-7-10-25(32-13-14-36)28(33-20)35(37)38/h1-12,15-16,18,32,36H,13-14,17H2. The van der Waals surface area contributed by atoms with Crippen LogP contribution in [0.5, 0.6) is 11.5 Å². The summed E-state index contributed by atoms with van der Waals surface area (Å²) in [6, 6.07) is 22.3. The average Bonchev–Trinajstić information content (AvgIpc) is 3.36. The third kappa shape index (κ3) is 5.87. The Bertz CT molecular complexity index is 1590. The quantitative estimate of drug-likeness (QED) is 0.167. The van der Waals surface area contributed by atoms with E-state index in [0.717, 1.165) is 22.5 Å². The Hall–Kier alpha value is -4.80. The SMILES string of the molecule is O=[N+]([O-])c1nc(Cn2c(-c3ccc(Oc4cncnc4)cc3)ccc2-c2ccccc2Cl)ccc1NCCO. The van der Waals surface area contributed by atoms with Crippen LogP contribution in [0.15, 0.2) is 91.5 Å². The van der Waals surface area contributed by atoms with Crippen LogP contribution in [-0.2, 0) is 6.54 Å². The smallest absolute Gasteiger partial charge is 0.387 e. The number of nitrogens with one attached hydrogen (secondary N) is 1. The first kappa shape index (κ1) is 25.8. The van der Waals surface area contributed by atoms with E-state index in [0.29, 0.717) is 22.2 Å². The highest BCUT2D eigenvalue weighted by Crippen LogP contribution is 2.35. The zero-order valence-corrected chi connectivity index (χ0v) is 21.3. The summed E-state index contributed by atoms with van der Waals surface area (Å²) in [5.41, 5.74) is 4.17. The van der Waals surface area contributed by atoms with Gasteiger partial charge in [0.1, 0.15) is 17.8 Å². The van der Waals surface area contributed by atoms with Gasteiger partial charge in [0.05, 0.1) is 31.2 Å². The summed E-state index contributed by atoms with van der Waals surface area (Å²) in [6.07, 6.45) is 4.60. The normalized spacial score (nSPS) is 10.8. The van der Waals surface area contributed by atoms with Crippen LogP contribution < -0.4 is 10.1 Å². The van der Waals surface area contributed by atoms with Crippen molar-refractivity contribution in [2.24, 2.45) is 0 Å². The number of rotatable bonds is 10. The Kier molecular flexibility index (Phi) is 7.76. The molecule has 5 rings (SSSR count).